The molecule has 3 heterocycles. The lowest BCUT2D eigenvalue weighted by atomic mass is 9.82. The Morgan fingerprint density at radius 2 is 1.88 bits per heavy atom. The predicted octanol–water partition coefficient (Wildman–Crippen LogP) is 5.17. The Kier molecular flexibility index (Phi) is 4.91. The topological polar surface area (TPSA) is 86.5 Å². The van der Waals surface area contributed by atoms with E-state index in [0.29, 0.717) is 46.9 Å². The minimum absolute atomic E-state index is 0.243. The number of nitrogens with zero attached hydrogens (tertiary/aromatic N) is 1. The minimum atomic E-state index is -0.243. The number of ether oxygens (including phenoxy) is 2. The molecule has 2 aromatic heterocycles. The first-order chi connectivity index (χ1) is 16.2. The molecule has 1 aliphatic heterocycles. The van der Waals surface area contributed by atoms with E-state index in [1.807, 2.05) is 0 Å². The van der Waals surface area contributed by atoms with E-state index in [1.165, 1.54) is 22.5 Å². The first-order valence-corrected chi connectivity index (χ1v) is 11.9. The first-order valence-electron chi connectivity index (χ1n) is 11.1. The van der Waals surface area contributed by atoms with E-state index in [-0.39, 0.29) is 5.91 Å². The van der Waals surface area contributed by atoms with E-state index in [2.05, 4.69) is 41.7 Å². The Balaban J connectivity index is 1.28. The van der Waals surface area contributed by atoms with Gasteiger partial charge in [0.05, 0.1) is 5.69 Å². The summed E-state index contributed by atoms with van der Waals surface area (Å²) in [6.45, 7) is 1.02. The lowest BCUT2D eigenvalue weighted by Gasteiger charge is -2.24. The van der Waals surface area contributed by atoms with Crippen LogP contribution in [0.1, 0.15) is 38.8 Å². The normalized spacial score (nSPS) is 16.9. The van der Waals surface area contributed by atoms with Crippen LogP contribution in [0.15, 0.2) is 54.6 Å². The fourth-order valence-corrected chi connectivity index (χ4v) is 5.67. The predicted molar refractivity (Wildman–Crippen MR) is 131 cm³/mol. The van der Waals surface area contributed by atoms with Gasteiger partial charge in [0.2, 0.25) is 0 Å². The van der Waals surface area contributed by atoms with Crippen molar-refractivity contribution in [2.45, 2.75) is 25.2 Å². The van der Waals surface area contributed by atoms with Gasteiger partial charge in [0.1, 0.15) is 22.9 Å². The van der Waals surface area contributed by atoms with Crippen LogP contribution in [0, 0.1) is 0 Å². The number of anilines is 2. The third-order valence-electron chi connectivity index (χ3n) is 6.36. The van der Waals surface area contributed by atoms with Crippen molar-refractivity contribution in [3.05, 3.63) is 76.3 Å². The summed E-state index contributed by atoms with van der Waals surface area (Å²) in [6.07, 6.45) is 2.95. The van der Waals surface area contributed by atoms with Crippen LogP contribution in [0.4, 0.5) is 11.4 Å². The summed E-state index contributed by atoms with van der Waals surface area (Å²) in [7, 11) is 0. The largest absolute Gasteiger partial charge is 0.486 e. The van der Waals surface area contributed by atoms with Gasteiger partial charge in [-0.25, -0.2) is 4.98 Å². The first kappa shape index (κ1) is 20.1. The molecule has 3 N–H and O–H groups in total. The molecule has 7 heteroatoms. The molecule has 33 heavy (non-hydrogen) atoms. The summed E-state index contributed by atoms with van der Waals surface area (Å²) < 4.78 is 11.2. The summed E-state index contributed by atoms with van der Waals surface area (Å²) in [5.41, 5.74) is 11.3. The number of nitrogen functional groups attached to an aromatic ring is 1. The standard InChI is InChI=1S/C26H23N3O3S/c27-23-19-13-17-12-16(15-4-2-1-3-5-15)6-8-20(17)29-26(19)33-24(23)25(30)28-18-7-9-21-22(14-18)32-11-10-31-21/h1-5,7,9,13-14,16H,6,8,10-12,27H2,(H,28,30). The molecule has 0 saturated heterocycles. The number of rotatable bonds is 3. The molecule has 6 rings (SSSR count). The van der Waals surface area contributed by atoms with Crippen LogP contribution in [0.2, 0.25) is 0 Å². The average Bonchev–Trinajstić information content (AvgIpc) is 3.18. The number of hydrogen-bond donors (Lipinski definition) is 2. The smallest absolute Gasteiger partial charge is 0.267 e. The van der Waals surface area contributed by atoms with Gasteiger partial charge >= 0.3 is 0 Å². The SMILES string of the molecule is Nc1c(C(=O)Nc2ccc3c(c2)OCCO3)sc2nc3c(cc12)CC(c1ccccc1)CC3. The van der Waals surface area contributed by atoms with Gasteiger partial charge in [-0.1, -0.05) is 30.3 Å². The molecule has 1 amide bonds. The van der Waals surface area contributed by atoms with Gasteiger partial charge in [-0.3, -0.25) is 4.79 Å². The molecule has 0 saturated carbocycles. The quantitative estimate of drug-likeness (QED) is 0.443. The van der Waals surface area contributed by atoms with Crippen molar-refractivity contribution in [3.8, 4) is 11.5 Å². The number of benzene rings is 2. The molecule has 0 spiro atoms. The lowest BCUT2D eigenvalue weighted by Crippen LogP contribution is -2.16. The van der Waals surface area contributed by atoms with Crippen LogP contribution in [0.25, 0.3) is 10.2 Å². The van der Waals surface area contributed by atoms with E-state index in [0.717, 1.165) is 35.2 Å². The maximum Gasteiger partial charge on any atom is 0.267 e. The minimum Gasteiger partial charge on any atom is -0.486 e. The number of fused-ring (bicyclic) bond motifs is 3. The molecule has 2 aliphatic rings. The van der Waals surface area contributed by atoms with Crippen LogP contribution in [0.3, 0.4) is 0 Å². The van der Waals surface area contributed by atoms with Crippen LogP contribution in [-0.2, 0) is 12.8 Å². The molecule has 1 atom stereocenters. The number of hydrogen-bond acceptors (Lipinski definition) is 6. The maximum absolute atomic E-state index is 13.1. The van der Waals surface area contributed by atoms with Gasteiger partial charge in [-0.05, 0) is 54.5 Å². The van der Waals surface area contributed by atoms with E-state index in [9.17, 15) is 4.79 Å². The molecule has 2 aromatic carbocycles. The average molecular weight is 458 g/mol. The van der Waals surface area contributed by atoms with Gasteiger partial charge < -0.3 is 20.5 Å². The molecule has 6 nitrogen and oxygen atoms in total. The Morgan fingerprint density at radius 3 is 2.73 bits per heavy atom. The number of nitrogens with two attached hydrogens (primary N) is 1. The molecule has 166 valence electrons. The summed E-state index contributed by atoms with van der Waals surface area (Å²) in [5, 5.41) is 3.80. The Morgan fingerprint density at radius 1 is 1.06 bits per heavy atom. The van der Waals surface area contributed by atoms with Crippen LogP contribution in [0.5, 0.6) is 11.5 Å². The number of pyridine rings is 1. The van der Waals surface area contributed by atoms with Crippen molar-refractivity contribution >= 4 is 38.8 Å². The van der Waals surface area contributed by atoms with Crippen LogP contribution in [-0.4, -0.2) is 24.1 Å². The summed E-state index contributed by atoms with van der Waals surface area (Å²) in [4.78, 5) is 19.2. The number of thiophene rings is 1. The summed E-state index contributed by atoms with van der Waals surface area (Å²) in [6, 6.07) is 18.1. The molecule has 0 fully saturated rings. The highest BCUT2D eigenvalue weighted by Crippen LogP contribution is 2.39. The number of carbonyl (C=O) groups excluding carboxylic acids is 1. The number of aryl methyl sites for hydroxylation is 1. The summed E-state index contributed by atoms with van der Waals surface area (Å²) >= 11 is 1.35. The van der Waals surface area contributed by atoms with Gasteiger partial charge in [-0.15, -0.1) is 11.3 Å². The number of nitrogens with one attached hydrogen (secondary N) is 1. The number of carbonyl (C=O) groups is 1. The fourth-order valence-electron chi connectivity index (χ4n) is 4.68. The van der Waals surface area contributed by atoms with E-state index in [1.54, 1.807) is 18.2 Å². The molecule has 1 aliphatic carbocycles. The molecule has 1 unspecified atom stereocenters. The lowest BCUT2D eigenvalue weighted by molar-refractivity contribution is 0.103. The molecule has 0 radical (unpaired) electrons. The Bertz CT molecular complexity index is 1370. The van der Waals surface area contributed by atoms with Crippen LogP contribution < -0.4 is 20.5 Å². The Labute approximate surface area is 195 Å². The molecular formula is C26H23N3O3S. The van der Waals surface area contributed by atoms with Crippen molar-refractivity contribution in [3.63, 3.8) is 0 Å². The van der Waals surface area contributed by atoms with Crippen LogP contribution >= 0.6 is 11.3 Å². The third-order valence-corrected chi connectivity index (χ3v) is 7.48. The second-order valence-electron chi connectivity index (χ2n) is 8.45. The zero-order valence-corrected chi connectivity index (χ0v) is 18.8. The maximum atomic E-state index is 13.1. The zero-order chi connectivity index (χ0) is 22.4. The highest BCUT2D eigenvalue weighted by molar-refractivity contribution is 7.21. The van der Waals surface area contributed by atoms with Gasteiger partial charge in [0, 0.05) is 22.8 Å². The van der Waals surface area contributed by atoms with Gasteiger partial charge in [0.25, 0.3) is 5.91 Å². The molecule has 4 aromatic rings. The highest BCUT2D eigenvalue weighted by Gasteiger charge is 2.25. The van der Waals surface area contributed by atoms with Gasteiger partial charge in [0.15, 0.2) is 11.5 Å². The van der Waals surface area contributed by atoms with Gasteiger partial charge in [-0.2, -0.15) is 0 Å². The van der Waals surface area contributed by atoms with Crippen molar-refractivity contribution in [2.24, 2.45) is 0 Å². The monoisotopic (exact) mass is 457 g/mol. The second-order valence-corrected chi connectivity index (χ2v) is 9.45. The Hall–Kier alpha value is -3.58. The summed E-state index contributed by atoms with van der Waals surface area (Å²) in [5.74, 6) is 1.55. The third kappa shape index (κ3) is 3.68. The van der Waals surface area contributed by atoms with Crippen molar-refractivity contribution in [1.82, 2.24) is 4.98 Å². The second kappa shape index (κ2) is 8.08. The van der Waals surface area contributed by atoms with E-state index >= 15 is 0 Å². The van der Waals surface area contributed by atoms with E-state index < -0.39 is 0 Å². The molecular weight excluding hydrogens is 434 g/mol. The number of amides is 1. The highest BCUT2D eigenvalue weighted by atomic mass is 32.1. The van der Waals surface area contributed by atoms with E-state index in [4.69, 9.17) is 20.2 Å². The van der Waals surface area contributed by atoms with Crippen molar-refractivity contribution in [1.29, 1.82) is 0 Å². The molecule has 0 bridgehead atoms. The van der Waals surface area contributed by atoms with Crippen molar-refractivity contribution in [2.75, 3.05) is 24.3 Å². The fraction of sp³-hybridized carbons (Fsp3) is 0.231. The number of aromatic nitrogens is 1. The zero-order valence-electron chi connectivity index (χ0n) is 18.0. The van der Waals surface area contributed by atoms with Crippen molar-refractivity contribution < 1.29 is 14.3 Å².